The summed E-state index contributed by atoms with van der Waals surface area (Å²) < 4.78 is 90.7. The Morgan fingerprint density at radius 3 is 2.36 bits per heavy atom. The summed E-state index contributed by atoms with van der Waals surface area (Å²) in [5.74, 6) is -2.71. The number of carbonyl (C=O) groups excluding carboxylic acids is 2. The minimum atomic E-state index is -6.25. The van der Waals surface area contributed by atoms with Crippen LogP contribution in [-0.2, 0) is 46.2 Å². The molecule has 0 bridgehead atoms. The van der Waals surface area contributed by atoms with Gasteiger partial charge >= 0.3 is 21.6 Å². The van der Waals surface area contributed by atoms with E-state index in [-0.39, 0.29) is 6.54 Å². The van der Waals surface area contributed by atoms with Crippen LogP contribution in [0.4, 0.5) is 13.2 Å². The average molecular weight is 507 g/mol. The number of methoxy groups -OCH3 is 2. The van der Waals surface area contributed by atoms with Gasteiger partial charge in [0.15, 0.2) is 17.2 Å². The summed E-state index contributed by atoms with van der Waals surface area (Å²) >= 11 is 0. The molecule has 0 spiro atoms. The highest BCUT2D eigenvalue weighted by molar-refractivity contribution is 7.87. The van der Waals surface area contributed by atoms with Crippen molar-refractivity contribution >= 4 is 32.9 Å². The molecule has 14 heteroatoms. The van der Waals surface area contributed by atoms with E-state index >= 15 is 0 Å². The van der Waals surface area contributed by atoms with E-state index in [0.29, 0.717) is 11.3 Å². The van der Waals surface area contributed by atoms with Crippen LogP contribution in [0.5, 0.6) is 5.75 Å². The van der Waals surface area contributed by atoms with Gasteiger partial charge in [0.05, 0.1) is 20.8 Å². The Labute approximate surface area is 188 Å². The Morgan fingerprint density at radius 2 is 1.82 bits per heavy atom. The van der Waals surface area contributed by atoms with Gasteiger partial charge in [0, 0.05) is 5.57 Å². The second kappa shape index (κ2) is 9.02. The SMILES string of the molecule is COC(=O)C1=C(OS(=O)(=O)C(F)(F)F)C2=CC=CC(=O)C2S(=O)N1Cc1ccc(OC)cc1. The molecule has 1 heterocycles. The smallest absolute Gasteiger partial charge is 0.497 e. The van der Waals surface area contributed by atoms with Crippen molar-refractivity contribution in [2.45, 2.75) is 17.3 Å². The van der Waals surface area contributed by atoms with Gasteiger partial charge in [0.25, 0.3) is 0 Å². The van der Waals surface area contributed by atoms with E-state index in [1.54, 1.807) is 0 Å². The van der Waals surface area contributed by atoms with Crippen LogP contribution in [0.25, 0.3) is 0 Å². The molecule has 1 aliphatic heterocycles. The first kappa shape index (κ1) is 24.5. The molecule has 0 saturated carbocycles. The summed E-state index contributed by atoms with van der Waals surface area (Å²) in [6.07, 6.45) is 3.19. The Morgan fingerprint density at radius 1 is 1.18 bits per heavy atom. The van der Waals surface area contributed by atoms with E-state index in [9.17, 15) is 35.4 Å². The first-order valence-electron chi connectivity index (χ1n) is 8.98. The number of esters is 1. The number of benzene rings is 1. The maximum absolute atomic E-state index is 13.3. The van der Waals surface area contributed by atoms with E-state index in [0.717, 1.165) is 29.6 Å². The number of rotatable bonds is 6. The molecule has 1 aromatic rings. The van der Waals surface area contributed by atoms with Gasteiger partial charge < -0.3 is 13.7 Å². The molecule has 178 valence electrons. The molecular formula is C19H16F3NO8S2. The molecular weight excluding hydrogens is 491 g/mol. The van der Waals surface area contributed by atoms with Gasteiger partial charge in [-0.2, -0.15) is 21.6 Å². The Hall–Kier alpha value is -3.13. The normalized spacial score (nSPS) is 20.8. The lowest BCUT2D eigenvalue weighted by Gasteiger charge is -2.36. The van der Waals surface area contributed by atoms with Crippen molar-refractivity contribution in [3.63, 3.8) is 0 Å². The largest absolute Gasteiger partial charge is 0.534 e. The lowest BCUT2D eigenvalue weighted by Crippen LogP contribution is -2.46. The summed E-state index contributed by atoms with van der Waals surface area (Å²) in [6.45, 7) is -0.360. The highest BCUT2D eigenvalue weighted by Crippen LogP contribution is 2.39. The molecule has 0 aromatic heterocycles. The van der Waals surface area contributed by atoms with Gasteiger partial charge in [-0.1, -0.05) is 24.3 Å². The highest BCUT2D eigenvalue weighted by Gasteiger charge is 2.53. The number of allylic oxidation sites excluding steroid dienone is 4. The van der Waals surface area contributed by atoms with Crippen molar-refractivity contribution < 1.29 is 49.0 Å². The van der Waals surface area contributed by atoms with Crippen LogP contribution in [0, 0.1) is 0 Å². The molecule has 3 rings (SSSR count). The van der Waals surface area contributed by atoms with Crippen LogP contribution in [0.1, 0.15) is 5.56 Å². The van der Waals surface area contributed by atoms with E-state index in [1.807, 2.05) is 0 Å². The minimum absolute atomic E-state index is 0.360. The highest BCUT2D eigenvalue weighted by atomic mass is 32.2. The second-order valence-corrected chi connectivity index (χ2v) is 9.58. The Balaban J connectivity index is 2.22. The summed E-state index contributed by atoms with van der Waals surface area (Å²) in [4.78, 5) is 25.0. The van der Waals surface area contributed by atoms with Gasteiger partial charge in [-0.05, 0) is 23.8 Å². The molecule has 2 aliphatic rings. The zero-order valence-corrected chi connectivity index (χ0v) is 18.6. The third-order valence-electron chi connectivity index (χ3n) is 4.56. The molecule has 0 fully saturated rings. The van der Waals surface area contributed by atoms with Crippen LogP contribution >= 0.6 is 0 Å². The lowest BCUT2D eigenvalue weighted by molar-refractivity contribution is -0.137. The first-order chi connectivity index (χ1) is 15.4. The van der Waals surface area contributed by atoms with E-state index < -0.39 is 60.6 Å². The molecule has 0 N–H and O–H groups in total. The fraction of sp³-hybridized carbons (Fsp3) is 0.263. The van der Waals surface area contributed by atoms with Crippen molar-refractivity contribution in [2.24, 2.45) is 0 Å². The number of halogens is 3. The zero-order valence-electron chi connectivity index (χ0n) is 17.0. The van der Waals surface area contributed by atoms with Gasteiger partial charge in [0.2, 0.25) is 0 Å². The molecule has 0 saturated heterocycles. The summed E-state index contributed by atoms with van der Waals surface area (Å²) in [5, 5.41) is -1.60. The van der Waals surface area contributed by atoms with Crippen LogP contribution < -0.4 is 4.74 Å². The quantitative estimate of drug-likeness (QED) is 0.326. The maximum atomic E-state index is 13.3. The average Bonchev–Trinajstić information content (AvgIpc) is 2.76. The molecule has 9 nitrogen and oxygen atoms in total. The molecule has 0 radical (unpaired) electrons. The monoisotopic (exact) mass is 507 g/mol. The van der Waals surface area contributed by atoms with E-state index in [4.69, 9.17) is 4.74 Å². The Bertz CT molecular complexity index is 1200. The molecule has 1 aliphatic carbocycles. The summed E-state index contributed by atoms with van der Waals surface area (Å²) in [5.41, 5.74) is -6.72. The molecule has 0 amide bonds. The number of fused-ring (bicyclic) bond motifs is 1. The van der Waals surface area contributed by atoms with Gasteiger partial charge in [0.1, 0.15) is 22.0 Å². The minimum Gasteiger partial charge on any atom is -0.497 e. The van der Waals surface area contributed by atoms with Crippen LogP contribution in [0.3, 0.4) is 0 Å². The number of ketones is 1. The summed E-state index contributed by atoms with van der Waals surface area (Å²) in [7, 11) is -6.26. The summed E-state index contributed by atoms with van der Waals surface area (Å²) in [6, 6.07) is 6.11. The van der Waals surface area contributed by atoms with Crippen molar-refractivity contribution in [1.29, 1.82) is 0 Å². The number of nitrogens with zero attached hydrogens (tertiary/aromatic N) is 1. The van der Waals surface area contributed by atoms with Crippen LogP contribution in [0.15, 0.2) is 59.5 Å². The zero-order chi connectivity index (χ0) is 24.6. The van der Waals surface area contributed by atoms with Crippen molar-refractivity contribution in [3.05, 3.63) is 65.1 Å². The fourth-order valence-electron chi connectivity index (χ4n) is 3.02. The maximum Gasteiger partial charge on any atom is 0.534 e. The fourth-order valence-corrected chi connectivity index (χ4v) is 5.06. The molecule has 2 atom stereocenters. The third-order valence-corrected chi connectivity index (χ3v) is 7.15. The van der Waals surface area contributed by atoms with Gasteiger partial charge in [-0.25, -0.2) is 9.00 Å². The van der Waals surface area contributed by atoms with E-state index in [1.165, 1.54) is 31.4 Å². The molecule has 33 heavy (non-hydrogen) atoms. The number of hydrogen-bond acceptors (Lipinski definition) is 8. The number of alkyl halides is 3. The lowest BCUT2D eigenvalue weighted by atomic mass is 10.00. The first-order valence-corrected chi connectivity index (χ1v) is 11.6. The van der Waals surface area contributed by atoms with Crippen molar-refractivity contribution in [2.75, 3.05) is 14.2 Å². The molecule has 2 unspecified atom stereocenters. The van der Waals surface area contributed by atoms with Crippen LogP contribution in [-0.4, -0.2) is 53.7 Å². The molecule has 1 aromatic carbocycles. The number of carbonyl (C=O) groups is 2. The second-order valence-electron chi connectivity index (χ2n) is 6.58. The standard InChI is InChI=1S/C19H16F3NO8S2/c1-29-12-8-6-11(7-9-12)10-23-15(18(25)30-2)16(31-33(27,28)19(20,21)22)13-4-3-5-14(24)17(13)32(23)26/h3-9,17H,10H2,1-2H3. The predicted molar refractivity (Wildman–Crippen MR) is 108 cm³/mol. The van der Waals surface area contributed by atoms with Crippen LogP contribution in [0.2, 0.25) is 0 Å². The van der Waals surface area contributed by atoms with Gasteiger partial charge in [-0.3, -0.25) is 9.10 Å². The number of hydrogen-bond donors (Lipinski definition) is 0. The topological polar surface area (TPSA) is 116 Å². The van der Waals surface area contributed by atoms with Gasteiger partial charge in [-0.15, -0.1) is 0 Å². The Kier molecular flexibility index (Phi) is 6.70. The van der Waals surface area contributed by atoms with Crippen molar-refractivity contribution in [1.82, 2.24) is 4.31 Å². The van der Waals surface area contributed by atoms with Crippen molar-refractivity contribution in [3.8, 4) is 5.75 Å². The van der Waals surface area contributed by atoms with E-state index in [2.05, 4.69) is 8.92 Å². The number of ether oxygens (including phenoxy) is 2. The third kappa shape index (κ3) is 4.66. The predicted octanol–water partition coefficient (Wildman–Crippen LogP) is 1.86.